The third kappa shape index (κ3) is 4.97. The zero-order valence-electron chi connectivity index (χ0n) is 16.7. The van der Waals surface area contributed by atoms with Crippen LogP contribution in [0.2, 0.25) is 0 Å². The molecular formula is C19H26N4O6S. The first-order chi connectivity index (χ1) is 14.2. The van der Waals surface area contributed by atoms with Gasteiger partial charge in [-0.3, -0.25) is 14.4 Å². The summed E-state index contributed by atoms with van der Waals surface area (Å²) in [5.41, 5.74) is 0.972. The molecule has 2 atom stereocenters. The number of carbonyl (C=O) groups excluding carboxylic acids is 3. The molecule has 0 aromatic heterocycles. The Morgan fingerprint density at radius 1 is 1.23 bits per heavy atom. The van der Waals surface area contributed by atoms with Crippen LogP contribution in [-0.4, -0.2) is 85.0 Å². The van der Waals surface area contributed by atoms with Gasteiger partial charge in [0.05, 0.1) is 12.9 Å². The minimum Gasteiger partial charge on any atom is -0.392 e. The van der Waals surface area contributed by atoms with E-state index in [-0.39, 0.29) is 32.1 Å². The standard InChI is InChI=1S/C19H26N4O6S/c1-30(28,29)22-9-10-23(19(27)14-6-4-13(12-24)5-7-14)16(11-22)18(26)21-15-3-2-8-20-17(15)25/h4-7,15-16,24H,2-3,8-12H2,1H3,(H,20,25)(H,21,26). The molecule has 0 aliphatic carbocycles. The van der Waals surface area contributed by atoms with E-state index in [0.29, 0.717) is 24.1 Å². The van der Waals surface area contributed by atoms with Crippen molar-refractivity contribution in [3.05, 3.63) is 35.4 Å². The van der Waals surface area contributed by atoms with Crippen molar-refractivity contribution in [1.82, 2.24) is 19.8 Å². The normalized spacial score (nSPS) is 23.0. The van der Waals surface area contributed by atoms with Crippen molar-refractivity contribution >= 4 is 27.7 Å². The molecule has 2 aliphatic rings. The zero-order chi connectivity index (χ0) is 21.9. The molecule has 10 nitrogen and oxygen atoms in total. The van der Waals surface area contributed by atoms with E-state index in [1.807, 2.05) is 0 Å². The molecule has 0 saturated carbocycles. The lowest BCUT2D eigenvalue weighted by atomic mass is 10.0. The lowest BCUT2D eigenvalue weighted by Gasteiger charge is -2.40. The predicted octanol–water partition coefficient (Wildman–Crippen LogP) is -1.34. The molecule has 2 heterocycles. The van der Waals surface area contributed by atoms with Crippen LogP contribution in [0.1, 0.15) is 28.8 Å². The number of hydrogen-bond acceptors (Lipinski definition) is 6. The lowest BCUT2D eigenvalue weighted by molar-refractivity contribution is -0.133. The molecule has 164 valence electrons. The van der Waals surface area contributed by atoms with Crippen LogP contribution < -0.4 is 10.6 Å². The van der Waals surface area contributed by atoms with Crippen LogP contribution in [0.4, 0.5) is 0 Å². The van der Waals surface area contributed by atoms with Gasteiger partial charge in [-0.2, -0.15) is 4.31 Å². The van der Waals surface area contributed by atoms with Gasteiger partial charge in [-0.1, -0.05) is 12.1 Å². The van der Waals surface area contributed by atoms with Crippen LogP contribution in [-0.2, 0) is 26.2 Å². The van der Waals surface area contributed by atoms with Gasteiger partial charge in [0.25, 0.3) is 5.91 Å². The molecule has 2 unspecified atom stereocenters. The van der Waals surface area contributed by atoms with E-state index >= 15 is 0 Å². The summed E-state index contributed by atoms with van der Waals surface area (Å²) in [7, 11) is -3.55. The first kappa shape index (κ1) is 22.2. The number of nitrogens with one attached hydrogen (secondary N) is 2. The Morgan fingerprint density at radius 2 is 1.93 bits per heavy atom. The summed E-state index contributed by atoms with van der Waals surface area (Å²) < 4.78 is 25.2. The van der Waals surface area contributed by atoms with Gasteiger partial charge < -0.3 is 20.6 Å². The maximum Gasteiger partial charge on any atom is 0.254 e. The smallest absolute Gasteiger partial charge is 0.254 e. The maximum absolute atomic E-state index is 13.1. The number of rotatable bonds is 5. The molecule has 2 fully saturated rings. The molecule has 11 heteroatoms. The number of piperazine rings is 1. The van der Waals surface area contributed by atoms with Crippen LogP contribution in [0, 0.1) is 0 Å². The molecule has 3 N–H and O–H groups in total. The number of nitrogens with zero attached hydrogens (tertiary/aromatic N) is 2. The second-order valence-corrected chi connectivity index (χ2v) is 9.47. The highest BCUT2D eigenvalue weighted by Gasteiger charge is 2.39. The number of amides is 3. The summed E-state index contributed by atoms with van der Waals surface area (Å²) in [6.45, 7) is 0.329. The van der Waals surface area contributed by atoms with E-state index in [1.165, 1.54) is 4.90 Å². The van der Waals surface area contributed by atoms with Gasteiger partial charge in [-0.05, 0) is 30.5 Å². The molecule has 30 heavy (non-hydrogen) atoms. The van der Waals surface area contributed by atoms with Crippen LogP contribution in [0.15, 0.2) is 24.3 Å². The van der Waals surface area contributed by atoms with E-state index in [0.717, 1.165) is 17.0 Å². The highest BCUT2D eigenvalue weighted by atomic mass is 32.2. The van der Waals surface area contributed by atoms with E-state index < -0.39 is 33.9 Å². The molecule has 0 bridgehead atoms. The molecule has 3 rings (SSSR count). The number of benzene rings is 1. The van der Waals surface area contributed by atoms with Crippen molar-refractivity contribution in [3.63, 3.8) is 0 Å². The van der Waals surface area contributed by atoms with Crippen LogP contribution >= 0.6 is 0 Å². The molecule has 1 aromatic rings. The van der Waals surface area contributed by atoms with Gasteiger partial charge in [-0.25, -0.2) is 8.42 Å². The van der Waals surface area contributed by atoms with Gasteiger partial charge in [0, 0.05) is 31.7 Å². The average Bonchev–Trinajstić information content (AvgIpc) is 2.74. The van der Waals surface area contributed by atoms with Crippen molar-refractivity contribution in [2.24, 2.45) is 0 Å². The molecule has 3 amide bonds. The number of carbonyl (C=O) groups is 3. The van der Waals surface area contributed by atoms with Gasteiger partial charge >= 0.3 is 0 Å². The summed E-state index contributed by atoms with van der Waals surface area (Å²) in [4.78, 5) is 39.4. The van der Waals surface area contributed by atoms with Crippen molar-refractivity contribution in [2.45, 2.75) is 31.5 Å². The van der Waals surface area contributed by atoms with E-state index in [9.17, 15) is 22.8 Å². The molecule has 1 aromatic carbocycles. The zero-order valence-corrected chi connectivity index (χ0v) is 17.5. The average molecular weight is 439 g/mol. The first-order valence-electron chi connectivity index (χ1n) is 9.74. The van der Waals surface area contributed by atoms with Crippen molar-refractivity contribution < 1.29 is 27.9 Å². The SMILES string of the molecule is CS(=O)(=O)N1CCN(C(=O)c2ccc(CO)cc2)C(C(=O)NC2CCCNC2=O)C1. The Bertz CT molecular complexity index is 917. The Hall–Kier alpha value is -2.50. The van der Waals surface area contributed by atoms with Crippen LogP contribution in [0.5, 0.6) is 0 Å². The van der Waals surface area contributed by atoms with Crippen molar-refractivity contribution in [1.29, 1.82) is 0 Å². The molecule has 2 aliphatic heterocycles. The molecular weight excluding hydrogens is 412 g/mol. The minimum absolute atomic E-state index is 0.0443. The Labute approximate surface area is 175 Å². The Kier molecular flexibility index (Phi) is 6.74. The van der Waals surface area contributed by atoms with Gasteiger partial charge in [0.2, 0.25) is 21.8 Å². The fourth-order valence-corrected chi connectivity index (χ4v) is 4.45. The summed E-state index contributed by atoms with van der Waals surface area (Å²) in [6, 6.07) is 4.57. The van der Waals surface area contributed by atoms with E-state index in [1.54, 1.807) is 24.3 Å². The number of aliphatic hydroxyl groups excluding tert-OH is 1. The van der Waals surface area contributed by atoms with Crippen LogP contribution in [0.3, 0.4) is 0 Å². The maximum atomic E-state index is 13.1. The third-order valence-electron chi connectivity index (χ3n) is 5.36. The summed E-state index contributed by atoms with van der Waals surface area (Å²) >= 11 is 0. The monoisotopic (exact) mass is 438 g/mol. The third-order valence-corrected chi connectivity index (χ3v) is 6.63. The summed E-state index contributed by atoms with van der Waals surface area (Å²) in [6.07, 6.45) is 2.26. The number of hydrogen-bond donors (Lipinski definition) is 3. The van der Waals surface area contributed by atoms with Gasteiger partial charge in [0.1, 0.15) is 12.1 Å². The van der Waals surface area contributed by atoms with E-state index in [2.05, 4.69) is 10.6 Å². The minimum atomic E-state index is -3.55. The molecule has 0 spiro atoms. The largest absolute Gasteiger partial charge is 0.392 e. The molecule has 2 saturated heterocycles. The fourth-order valence-electron chi connectivity index (χ4n) is 3.62. The summed E-state index contributed by atoms with van der Waals surface area (Å²) in [5.74, 6) is -1.27. The van der Waals surface area contributed by atoms with Gasteiger partial charge in [0.15, 0.2) is 0 Å². The van der Waals surface area contributed by atoms with Gasteiger partial charge in [-0.15, -0.1) is 0 Å². The predicted molar refractivity (Wildman–Crippen MR) is 108 cm³/mol. The highest BCUT2D eigenvalue weighted by molar-refractivity contribution is 7.88. The highest BCUT2D eigenvalue weighted by Crippen LogP contribution is 2.18. The topological polar surface area (TPSA) is 136 Å². The van der Waals surface area contributed by atoms with Crippen molar-refractivity contribution in [3.8, 4) is 0 Å². The van der Waals surface area contributed by atoms with Crippen molar-refractivity contribution in [2.75, 3.05) is 32.4 Å². The second-order valence-electron chi connectivity index (χ2n) is 7.48. The number of piperidine rings is 1. The Balaban J connectivity index is 1.82. The lowest BCUT2D eigenvalue weighted by Crippen LogP contribution is -2.63. The number of aliphatic hydroxyl groups is 1. The first-order valence-corrected chi connectivity index (χ1v) is 11.6. The summed E-state index contributed by atoms with van der Waals surface area (Å²) in [5, 5.41) is 14.5. The second kappa shape index (κ2) is 9.11. The van der Waals surface area contributed by atoms with E-state index in [4.69, 9.17) is 5.11 Å². The quantitative estimate of drug-likeness (QED) is 0.521. The van der Waals surface area contributed by atoms with Crippen LogP contribution in [0.25, 0.3) is 0 Å². The molecule has 0 radical (unpaired) electrons. The Morgan fingerprint density at radius 3 is 2.53 bits per heavy atom. The fraction of sp³-hybridized carbons (Fsp3) is 0.526. The number of sulfonamides is 1.